The number of rotatable bonds is 5. The molecule has 5 rings (SSSR count). The number of esters is 1. The summed E-state index contributed by atoms with van der Waals surface area (Å²) < 4.78 is 42.9. The van der Waals surface area contributed by atoms with Crippen LogP contribution >= 0.6 is 11.8 Å². The second kappa shape index (κ2) is 8.02. The van der Waals surface area contributed by atoms with Crippen LogP contribution in [0.25, 0.3) is 0 Å². The lowest BCUT2D eigenvalue weighted by Crippen LogP contribution is -2.35. The van der Waals surface area contributed by atoms with E-state index >= 15 is 0 Å². The molecule has 0 aliphatic carbocycles. The number of carbonyl (C=O) groups excluding carboxylic acids is 2. The molecule has 12 heteroatoms. The molecule has 0 unspecified atom stereocenters. The molecule has 0 saturated carbocycles. The first-order chi connectivity index (χ1) is 15.4. The highest BCUT2D eigenvalue weighted by Crippen LogP contribution is 2.42. The second-order valence-corrected chi connectivity index (χ2v) is 9.90. The fourth-order valence-corrected chi connectivity index (χ4v) is 5.67. The Hall–Kier alpha value is -3.25. The van der Waals surface area contributed by atoms with Gasteiger partial charge in [0.15, 0.2) is 23.3 Å². The maximum atomic E-state index is 12.4. The second-order valence-electron chi connectivity index (χ2n) is 7.14. The number of benzene rings is 2. The van der Waals surface area contributed by atoms with Gasteiger partial charge >= 0.3 is 5.97 Å². The molecule has 1 amide bonds. The molecule has 3 aliphatic heterocycles. The third-order valence-corrected chi connectivity index (χ3v) is 7.28. The van der Waals surface area contributed by atoms with Crippen LogP contribution in [-0.2, 0) is 26.1 Å². The van der Waals surface area contributed by atoms with Crippen LogP contribution in [0.15, 0.2) is 45.7 Å². The maximum absolute atomic E-state index is 12.4. The summed E-state index contributed by atoms with van der Waals surface area (Å²) in [5.74, 6) is 0.139. The molecule has 3 heterocycles. The predicted octanol–water partition coefficient (Wildman–Crippen LogP) is 1.50. The van der Waals surface area contributed by atoms with Gasteiger partial charge in [-0.2, -0.15) is 0 Å². The van der Waals surface area contributed by atoms with Gasteiger partial charge in [-0.05, 0) is 47.7 Å². The molecule has 2 aromatic carbocycles. The Labute approximate surface area is 187 Å². The van der Waals surface area contributed by atoms with Crippen molar-refractivity contribution >= 4 is 44.5 Å². The Morgan fingerprint density at radius 2 is 2.00 bits per heavy atom. The van der Waals surface area contributed by atoms with E-state index in [-0.39, 0.29) is 24.7 Å². The number of fused-ring (bicyclic) bond motifs is 4. The van der Waals surface area contributed by atoms with E-state index in [0.717, 1.165) is 11.3 Å². The van der Waals surface area contributed by atoms with Gasteiger partial charge in [0, 0.05) is 18.0 Å². The van der Waals surface area contributed by atoms with Crippen LogP contribution in [-0.4, -0.2) is 51.2 Å². The van der Waals surface area contributed by atoms with Crippen molar-refractivity contribution in [1.29, 1.82) is 0 Å². The average molecular weight is 476 g/mol. The lowest BCUT2D eigenvalue weighted by Gasteiger charge is -2.22. The van der Waals surface area contributed by atoms with E-state index in [1.165, 1.54) is 11.8 Å². The van der Waals surface area contributed by atoms with Crippen LogP contribution in [0.2, 0.25) is 0 Å². The fraction of sp³-hybridized carbons (Fsp3) is 0.250. The van der Waals surface area contributed by atoms with Crippen molar-refractivity contribution in [1.82, 2.24) is 5.32 Å². The van der Waals surface area contributed by atoms with Crippen molar-refractivity contribution in [3.05, 3.63) is 47.5 Å². The van der Waals surface area contributed by atoms with Crippen LogP contribution in [0.4, 0.5) is 5.69 Å². The highest BCUT2D eigenvalue weighted by Gasteiger charge is 2.33. The first-order valence-electron chi connectivity index (χ1n) is 9.62. The minimum atomic E-state index is -3.45. The van der Waals surface area contributed by atoms with E-state index in [2.05, 4.69) is 9.71 Å². The average Bonchev–Trinajstić information content (AvgIpc) is 3.37. The Morgan fingerprint density at radius 1 is 1.16 bits per heavy atom. The number of anilines is 1. The smallest absolute Gasteiger partial charge is 0.338 e. The van der Waals surface area contributed by atoms with Crippen LogP contribution < -0.4 is 19.7 Å². The van der Waals surface area contributed by atoms with Crippen molar-refractivity contribution in [2.45, 2.75) is 11.4 Å². The zero-order chi connectivity index (χ0) is 22.3. The number of hydrogen-bond acceptors (Lipinski definition) is 9. The molecule has 0 aromatic heterocycles. The molecule has 32 heavy (non-hydrogen) atoms. The van der Waals surface area contributed by atoms with Gasteiger partial charge in [-0.25, -0.2) is 13.2 Å². The van der Waals surface area contributed by atoms with Gasteiger partial charge in [0.05, 0.1) is 17.0 Å². The van der Waals surface area contributed by atoms with Gasteiger partial charge in [-0.15, -0.1) is 4.40 Å². The van der Waals surface area contributed by atoms with Crippen molar-refractivity contribution in [3.63, 3.8) is 0 Å². The lowest BCUT2D eigenvalue weighted by atomic mass is 10.2. The van der Waals surface area contributed by atoms with Crippen LogP contribution in [0.5, 0.6) is 11.5 Å². The van der Waals surface area contributed by atoms with Gasteiger partial charge in [0.2, 0.25) is 6.79 Å². The summed E-state index contributed by atoms with van der Waals surface area (Å²) in [4.78, 5) is 27.0. The summed E-state index contributed by atoms with van der Waals surface area (Å²) in [5, 5.41) is 3.06. The van der Waals surface area contributed by atoms with E-state index in [1.54, 1.807) is 35.2 Å². The van der Waals surface area contributed by atoms with E-state index < -0.39 is 28.5 Å². The monoisotopic (exact) mass is 475 g/mol. The number of thioether (sulfide) groups is 1. The van der Waals surface area contributed by atoms with Crippen molar-refractivity contribution in [3.8, 4) is 11.5 Å². The molecule has 1 N–H and O–H groups in total. The highest BCUT2D eigenvalue weighted by atomic mass is 32.2. The molecule has 3 aliphatic rings. The standard InChI is InChI=1S/C20H17N3O7S2/c24-18(21-9-12-1-4-15-16(7-12)30-11-29-15)10-28-19(25)13-2-3-14-17(8-13)31-20-22-32(26,27)6-5-23(14)20/h1-4,7-8H,5-6,9-11H2,(H,21,24). The number of amides is 1. The summed E-state index contributed by atoms with van der Waals surface area (Å²) >= 11 is 1.18. The zero-order valence-electron chi connectivity index (χ0n) is 16.6. The summed E-state index contributed by atoms with van der Waals surface area (Å²) in [6.07, 6.45) is 0. The molecule has 0 saturated heterocycles. The Balaban J connectivity index is 1.16. The number of carbonyl (C=O) groups is 2. The largest absolute Gasteiger partial charge is 0.454 e. The Kier molecular flexibility index (Phi) is 5.18. The van der Waals surface area contributed by atoms with Crippen LogP contribution in [0.1, 0.15) is 15.9 Å². The first-order valence-corrected chi connectivity index (χ1v) is 12.0. The van der Waals surface area contributed by atoms with Crippen molar-refractivity contribution < 1.29 is 32.2 Å². The zero-order valence-corrected chi connectivity index (χ0v) is 18.2. The molecule has 0 fully saturated rings. The predicted molar refractivity (Wildman–Crippen MR) is 116 cm³/mol. The maximum Gasteiger partial charge on any atom is 0.338 e. The fourth-order valence-electron chi connectivity index (χ4n) is 3.37. The third kappa shape index (κ3) is 4.10. The Bertz CT molecular complexity index is 1260. The SMILES string of the molecule is O=C(COC(=O)c1ccc2c(c1)SC1=NS(=O)(=O)CCN12)NCc1ccc2c(c1)OCO2. The Morgan fingerprint density at radius 3 is 2.88 bits per heavy atom. The number of hydrogen-bond donors (Lipinski definition) is 1. The molecule has 10 nitrogen and oxygen atoms in total. The number of amidine groups is 1. The number of sulfonamides is 1. The molecule has 2 aromatic rings. The molecule has 166 valence electrons. The molecule has 0 radical (unpaired) electrons. The highest BCUT2D eigenvalue weighted by molar-refractivity contribution is 8.15. The summed E-state index contributed by atoms with van der Waals surface area (Å²) in [5.41, 5.74) is 1.88. The van der Waals surface area contributed by atoms with Crippen LogP contribution in [0, 0.1) is 0 Å². The molecular formula is C20H17N3O7S2. The van der Waals surface area contributed by atoms with Gasteiger partial charge in [-0.3, -0.25) is 4.79 Å². The molecular weight excluding hydrogens is 458 g/mol. The molecule has 0 bridgehead atoms. The topological polar surface area (TPSA) is 124 Å². The number of ether oxygens (including phenoxy) is 3. The molecule has 0 spiro atoms. The van der Waals surface area contributed by atoms with E-state index in [4.69, 9.17) is 14.2 Å². The lowest BCUT2D eigenvalue weighted by molar-refractivity contribution is -0.124. The van der Waals surface area contributed by atoms with Gasteiger partial charge in [-0.1, -0.05) is 6.07 Å². The molecule has 0 atom stereocenters. The first kappa shape index (κ1) is 20.6. The third-order valence-electron chi connectivity index (χ3n) is 4.97. The van der Waals surface area contributed by atoms with Gasteiger partial charge in [0.25, 0.3) is 15.9 Å². The number of nitrogens with zero attached hydrogens (tertiary/aromatic N) is 2. The summed E-state index contributed by atoms with van der Waals surface area (Å²) in [6, 6.07) is 10.3. The van der Waals surface area contributed by atoms with E-state index in [9.17, 15) is 18.0 Å². The quantitative estimate of drug-likeness (QED) is 0.641. The van der Waals surface area contributed by atoms with E-state index in [1.807, 2.05) is 6.07 Å². The summed E-state index contributed by atoms with van der Waals surface area (Å²) in [7, 11) is -3.45. The van der Waals surface area contributed by atoms with E-state index in [0.29, 0.717) is 28.1 Å². The van der Waals surface area contributed by atoms with Crippen LogP contribution in [0.3, 0.4) is 0 Å². The summed E-state index contributed by atoms with van der Waals surface area (Å²) in [6.45, 7) is 0.316. The minimum absolute atomic E-state index is 0.0539. The van der Waals surface area contributed by atoms with Gasteiger partial charge < -0.3 is 24.4 Å². The normalized spacial score (nSPS) is 17.2. The van der Waals surface area contributed by atoms with Gasteiger partial charge in [0.1, 0.15) is 0 Å². The minimum Gasteiger partial charge on any atom is -0.454 e. The van der Waals surface area contributed by atoms with Crippen molar-refractivity contribution in [2.24, 2.45) is 4.40 Å². The number of nitrogens with one attached hydrogen (secondary N) is 1. The van der Waals surface area contributed by atoms with Crippen molar-refractivity contribution in [2.75, 3.05) is 30.6 Å².